The molecule has 34 heavy (non-hydrogen) atoms. The van der Waals surface area contributed by atoms with Gasteiger partial charge in [-0.3, -0.25) is 0 Å². The number of hydrogen-bond donors (Lipinski definition) is 1. The minimum Gasteiger partial charge on any atom is -0.497 e. The van der Waals surface area contributed by atoms with Gasteiger partial charge in [0.05, 0.1) is 40.6 Å². The van der Waals surface area contributed by atoms with Gasteiger partial charge in [-0.05, 0) is 49.4 Å². The molecule has 0 atom stereocenters. The van der Waals surface area contributed by atoms with Crippen molar-refractivity contribution in [1.82, 2.24) is 14.5 Å². The molecule has 0 amide bonds. The van der Waals surface area contributed by atoms with Gasteiger partial charge in [0, 0.05) is 27.2 Å². The summed E-state index contributed by atoms with van der Waals surface area (Å²) in [5.74, 6) is 0.450. The number of hydrogen-bond acceptors (Lipinski definition) is 4. The van der Waals surface area contributed by atoms with Crippen LogP contribution in [-0.2, 0) is 16.6 Å². The summed E-state index contributed by atoms with van der Waals surface area (Å²) in [6.45, 7) is 1.86. The number of ether oxygens (including phenoxy) is 1. The van der Waals surface area contributed by atoms with Crippen LogP contribution in [0.2, 0.25) is 15.1 Å². The van der Waals surface area contributed by atoms with E-state index in [0.717, 1.165) is 16.8 Å². The van der Waals surface area contributed by atoms with Crippen LogP contribution in [0.4, 0.5) is 0 Å². The van der Waals surface area contributed by atoms with Crippen LogP contribution in [-0.4, -0.2) is 25.3 Å². The summed E-state index contributed by atoms with van der Waals surface area (Å²) < 4.78 is 35.2. The number of sulfonamides is 1. The first kappa shape index (κ1) is 24.6. The van der Waals surface area contributed by atoms with Crippen LogP contribution in [0.3, 0.4) is 0 Å². The molecule has 1 heterocycles. The molecule has 4 rings (SSSR count). The lowest BCUT2D eigenvalue weighted by Crippen LogP contribution is -2.24. The number of halogens is 3. The minimum absolute atomic E-state index is 0.0236. The molecule has 6 nitrogen and oxygen atoms in total. The molecule has 0 unspecified atom stereocenters. The van der Waals surface area contributed by atoms with Crippen molar-refractivity contribution in [3.63, 3.8) is 0 Å². The molecule has 3 aromatic carbocycles. The van der Waals surface area contributed by atoms with Crippen molar-refractivity contribution >= 4 is 44.8 Å². The summed E-state index contributed by atoms with van der Waals surface area (Å²) in [5, 5.41) is 6.21. The Balaban J connectivity index is 1.75. The SMILES string of the molecule is COc1cccc(S(=O)(=O)NCc2nn(-c3ccc(Cl)cc3Cl)c(-c3ccc(Cl)cc3)c2C)c1. The minimum atomic E-state index is -3.80. The van der Waals surface area contributed by atoms with Crippen molar-refractivity contribution in [2.45, 2.75) is 18.4 Å². The van der Waals surface area contributed by atoms with Gasteiger partial charge < -0.3 is 4.74 Å². The molecule has 0 saturated heterocycles. The Labute approximate surface area is 213 Å². The van der Waals surface area contributed by atoms with E-state index < -0.39 is 10.0 Å². The summed E-state index contributed by atoms with van der Waals surface area (Å²) in [6, 6.07) is 18.7. The molecule has 0 aliphatic rings. The van der Waals surface area contributed by atoms with Gasteiger partial charge in [-0.2, -0.15) is 5.10 Å². The largest absolute Gasteiger partial charge is 0.497 e. The zero-order valence-corrected chi connectivity index (χ0v) is 21.3. The van der Waals surface area contributed by atoms with Crippen molar-refractivity contribution in [3.05, 3.63) is 93.1 Å². The zero-order chi connectivity index (χ0) is 24.5. The predicted molar refractivity (Wildman–Crippen MR) is 136 cm³/mol. The van der Waals surface area contributed by atoms with Crippen molar-refractivity contribution in [3.8, 4) is 22.7 Å². The van der Waals surface area contributed by atoms with Crippen LogP contribution in [0.25, 0.3) is 16.9 Å². The Morgan fingerprint density at radius 2 is 1.68 bits per heavy atom. The summed E-state index contributed by atoms with van der Waals surface area (Å²) in [6.07, 6.45) is 0. The highest BCUT2D eigenvalue weighted by atomic mass is 35.5. The third-order valence-electron chi connectivity index (χ3n) is 5.26. The number of nitrogens with one attached hydrogen (secondary N) is 1. The lowest BCUT2D eigenvalue weighted by molar-refractivity contribution is 0.413. The molecule has 0 bridgehead atoms. The molecule has 4 aromatic rings. The van der Waals surface area contributed by atoms with Crippen LogP contribution in [0.15, 0.2) is 71.6 Å². The van der Waals surface area contributed by atoms with Crippen molar-refractivity contribution in [1.29, 1.82) is 0 Å². The Morgan fingerprint density at radius 3 is 2.35 bits per heavy atom. The lowest BCUT2D eigenvalue weighted by Gasteiger charge is -2.11. The topological polar surface area (TPSA) is 73.2 Å². The van der Waals surface area contributed by atoms with Gasteiger partial charge in [0.25, 0.3) is 0 Å². The zero-order valence-electron chi connectivity index (χ0n) is 18.2. The van der Waals surface area contributed by atoms with Crippen molar-refractivity contribution in [2.75, 3.05) is 7.11 Å². The average Bonchev–Trinajstić information content (AvgIpc) is 3.14. The molecule has 0 saturated carbocycles. The fourth-order valence-electron chi connectivity index (χ4n) is 3.50. The number of aromatic nitrogens is 2. The van der Waals surface area contributed by atoms with Crippen molar-refractivity contribution in [2.24, 2.45) is 0 Å². The molecule has 0 aliphatic carbocycles. The summed E-state index contributed by atoms with van der Waals surface area (Å²) >= 11 is 18.6. The third kappa shape index (κ3) is 5.09. The van der Waals surface area contributed by atoms with Gasteiger partial charge >= 0.3 is 0 Å². The van der Waals surface area contributed by atoms with E-state index in [1.807, 2.05) is 19.1 Å². The van der Waals surface area contributed by atoms with Crippen LogP contribution in [0.1, 0.15) is 11.3 Å². The van der Waals surface area contributed by atoms with Crippen LogP contribution in [0.5, 0.6) is 5.75 Å². The van der Waals surface area contributed by atoms with E-state index in [1.54, 1.807) is 47.1 Å². The standard InChI is InChI=1S/C24H20Cl3N3O3S/c1-15-22(14-28-34(31,32)20-5-3-4-19(13-20)33-2)29-30(23-11-10-18(26)12-21(23)27)24(15)16-6-8-17(25)9-7-16/h3-13,28H,14H2,1-2H3. The quantitative estimate of drug-likeness (QED) is 0.301. The van der Waals surface area contributed by atoms with E-state index in [0.29, 0.717) is 32.2 Å². The van der Waals surface area contributed by atoms with E-state index in [2.05, 4.69) is 4.72 Å². The maximum Gasteiger partial charge on any atom is 0.241 e. The second-order valence-corrected chi connectivity index (χ2v) is 10.5. The molecular weight excluding hydrogens is 517 g/mol. The molecule has 0 spiro atoms. The monoisotopic (exact) mass is 535 g/mol. The van der Waals surface area contributed by atoms with Gasteiger partial charge in [0.2, 0.25) is 10.0 Å². The number of methoxy groups -OCH3 is 1. The van der Waals surface area contributed by atoms with Gasteiger partial charge in [-0.1, -0.05) is 53.0 Å². The molecule has 176 valence electrons. The van der Waals surface area contributed by atoms with Gasteiger partial charge in [-0.15, -0.1) is 0 Å². The smallest absolute Gasteiger partial charge is 0.241 e. The predicted octanol–water partition coefficient (Wildman–Crippen LogP) is 6.30. The molecule has 0 aliphatic heterocycles. The van der Waals surface area contributed by atoms with Gasteiger partial charge in [-0.25, -0.2) is 17.8 Å². The second kappa shape index (κ2) is 9.98. The van der Waals surface area contributed by atoms with E-state index >= 15 is 0 Å². The molecular formula is C24H20Cl3N3O3S. The summed E-state index contributed by atoms with van der Waals surface area (Å²) in [4.78, 5) is 0.0996. The first-order valence-electron chi connectivity index (χ1n) is 10.1. The van der Waals surface area contributed by atoms with Crippen LogP contribution < -0.4 is 9.46 Å². The first-order valence-corrected chi connectivity index (χ1v) is 12.7. The number of benzene rings is 3. The highest BCUT2D eigenvalue weighted by Gasteiger charge is 2.21. The highest BCUT2D eigenvalue weighted by Crippen LogP contribution is 2.33. The van der Waals surface area contributed by atoms with Crippen LogP contribution in [0, 0.1) is 6.92 Å². The summed E-state index contributed by atoms with van der Waals surface area (Å²) in [5.41, 5.74) is 3.56. The summed E-state index contributed by atoms with van der Waals surface area (Å²) in [7, 11) is -2.32. The third-order valence-corrected chi connectivity index (χ3v) is 7.45. The molecule has 10 heteroatoms. The average molecular weight is 537 g/mol. The van der Waals surface area contributed by atoms with Gasteiger partial charge in [0.1, 0.15) is 5.75 Å². The number of nitrogens with zero attached hydrogens (tertiary/aromatic N) is 2. The maximum absolute atomic E-state index is 12.9. The lowest BCUT2D eigenvalue weighted by atomic mass is 10.1. The molecule has 0 fully saturated rings. The Hall–Kier alpha value is -2.55. The molecule has 1 aromatic heterocycles. The number of rotatable bonds is 7. The van der Waals surface area contributed by atoms with E-state index in [4.69, 9.17) is 44.6 Å². The Kier molecular flexibility index (Phi) is 7.21. The fourth-order valence-corrected chi connectivity index (χ4v) is 5.14. The van der Waals surface area contributed by atoms with Crippen LogP contribution >= 0.6 is 34.8 Å². The molecule has 1 N–H and O–H groups in total. The maximum atomic E-state index is 12.9. The Morgan fingerprint density at radius 1 is 0.971 bits per heavy atom. The normalized spacial score (nSPS) is 11.6. The van der Waals surface area contributed by atoms with E-state index in [-0.39, 0.29) is 11.4 Å². The fraction of sp³-hybridized carbons (Fsp3) is 0.125. The first-order chi connectivity index (χ1) is 16.2. The van der Waals surface area contributed by atoms with E-state index in [1.165, 1.54) is 19.2 Å². The molecule has 0 radical (unpaired) electrons. The van der Waals surface area contributed by atoms with E-state index in [9.17, 15) is 8.42 Å². The van der Waals surface area contributed by atoms with Crippen molar-refractivity contribution < 1.29 is 13.2 Å². The highest BCUT2D eigenvalue weighted by molar-refractivity contribution is 7.89. The van der Waals surface area contributed by atoms with Gasteiger partial charge in [0.15, 0.2) is 0 Å². The second-order valence-electron chi connectivity index (χ2n) is 7.44. The Bertz CT molecular complexity index is 1450.